The molecule has 4 nitrogen and oxygen atoms in total. The molecule has 22 heavy (non-hydrogen) atoms. The van der Waals surface area contributed by atoms with Gasteiger partial charge in [-0.2, -0.15) is 30.7 Å². The summed E-state index contributed by atoms with van der Waals surface area (Å²) in [5.41, 5.74) is 5.27. The van der Waals surface area contributed by atoms with Gasteiger partial charge in [0.15, 0.2) is 5.84 Å². The van der Waals surface area contributed by atoms with E-state index in [2.05, 4.69) is 9.99 Å². The molecule has 1 rings (SSSR count). The van der Waals surface area contributed by atoms with E-state index in [4.69, 9.17) is 5.73 Å². The topological polar surface area (TPSA) is 64.7 Å². The number of halogens is 7. The molecular formula is C11H7F7N2O2. The molecule has 0 aromatic heterocycles. The molecule has 0 bridgehead atoms. The standard InChI is InChI=1S/C11H7F7N2O2/c12-9(13,10(14,15)11(16,17)18)8(21)22-20-7(19)6-4-2-1-3-5-6/h1-5H,(H2,19,20). The molecule has 0 spiro atoms. The molecular weight excluding hydrogens is 325 g/mol. The first-order valence-corrected chi connectivity index (χ1v) is 5.34. The van der Waals surface area contributed by atoms with Crippen LogP contribution in [0.2, 0.25) is 0 Å². The highest BCUT2D eigenvalue weighted by molar-refractivity contribution is 5.97. The van der Waals surface area contributed by atoms with E-state index >= 15 is 0 Å². The van der Waals surface area contributed by atoms with Gasteiger partial charge in [0.25, 0.3) is 0 Å². The van der Waals surface area contributed by atoms with E-state index < -0.39 is 29.8 Å². The van der Waals surface area contributed by atoms with Crippen LogP contribution in [-0.2, 0) is 9.63 Å². The van der Waals surface area contributed by atoms with Crippen LogP contribution in [0.5, 0.6) is 0 Å². The van der Waals surface area contributed by atoms with Gasteiger partial charge in [0.1, 0.15) is 0 Å². The highest BCUT2D eigenvalue weighted by Crippen LogP contribution is 2.46. The van der Waals surface area contributed by atoms with Gasteiger partial charge < -0.3 is 10.6 Å². The second-order valence-corrected chi connectivity index (χ2v) is 3.87. The van der Waals surface area contributed by atoms with Gasteiger partial charge in [0.05, 0.1) is 0 Å². The first-order valence-electron chi connectivity index (χ1n) is 5.34. The maximum atomic E-state index is 12.9. The normalized spacial score (nSPS) is 13.9. The quantitative estimate of drug-likeness (QED) is 0.303. The molecule has 0 fully saturated rings. The van der Waals surface area contributed by atoms with E-state index in [0.717, 1.165) is 0 Å². The van der Waals surface area contributed by atoms with Gasteiger partial charge in [-0.05, 0) is 0 Å². The molecule has 0 amide bonds. The molecule has 0 unspecified atom stereocenters. The molecule has 0 saturated carbocycles. The van der Waals surface area contributed by atoms with Crippen molar-refractivity contribution < 1.29 is 40.4 Å². The second kappa shape index (κ2) is 5.81. The lowest BCUT2D eigenvalue weighted by molar-refractivity contribution is -0.348. The number of carbonyl (C=O) groups is 1. The highest BCUT2D eigenvalue weighted by Gasteiger charge is 2.77. The number of alkyl halides is 7. The zero-order chi connectivity index (χ0) is 17.2. The summed E-state index contributed by atoms with van der Waals surface area (Å²) in [6, 6.07) is 7.02. The fraction of sp³-hybridized carbons (Fsp3) is 0.273. The van der Waals surface area contributed by atoms with Crippen LogP contribution in [0.1, 0.15) is 5.56 Å². The van der Waals surface area contributed by atoms with E-state index in [-0.39, 0.29) is 5.56 Å². The average molecular weight is 332 g/mol. The first kappa shape index (κ1) is 17.7. The van der Waals surface area contributed by atoms with Crippen LogP contribution in [0.3, 0.4) is 0 Å². The third kappa shape index (κ3) is 3.28. The Morgan fingerprint density at radius 1 is 1.00 bits per heavy atom. The summed E-state index contributed by atoms with van der Waals surface area (Å²) in [4.78, 5) is 14.2. The van der Waals surface area contributed by atoms with Crippen molar-refractivity contribution in [3.8, 4) is 0 Å². The Labute approximate surface area is 118 Å². The Morgan fingerprint density at radius 2 is 1.50 bits per heavy atom. The molecule has 0 aliphatic heterocycles. The predicted molar refractivity (Wildman–Crippen MR) is 59.2 cm³/mol. The summed E-state index contributed by atoms with van der Waals surface area (Å²) in [5.74, 6) is -16.6. The van der Waals surface area contributed by atoms with Gasteiger partial charge >= 0.3 is 24.0 Å². The van der Waals surface area contributed by atoms with Crippen LogP contribution >= 0.6 is 0 Å². The van der Waals surface area contributed by atoms with E-state index in [1.807, 2.05) is 0 Å². The summed E-state index contributed by atoms with van der Waals surface area (Å²) in [6.45, 7) is 0. The van der Waals surface area contributed by atoms with E-state index in [0.29, 0.717) is 0 Å². The molecule has 1 aromatic rings. The number of rotatable bonds is 4. The number of benzene rings is 1. The third-order valence-corrected chi connectivity index (χ3v) is 2.30. The number of amidine groups is 1. The Kier molecular flexibility index (Phi) is 4.68. The van der Waals surface area contributed by atoms with E-state index in [9.17, 15) is 35.5 Å². The summed E-state index contributed by atoms with van der Waals surface area (Å²) < 4.78 is 86.4. The molecule has 0 heterocycles. The van der Waals surface area contributed by atoms with Crippen LogP contribution in [0.15, 0.2) is 35.5 Å². The number of hydrogen-bond donors (Lipinski definition) is 1. The molecule has 0 aliphatic rings. The van der Waals surface area contributed by atoms with Crippen molar-refractivity contribution in [1.82, 2.24) is 0 Å². The van der Waals surface area contributed by atoms with Crippen LogP contribution in [0.25, 0.3) is 0 Å². The van der Waals surface area contributed by atoms with Gasteiger partial charge in [-0.3, -0.25) is 0 Å². The fourth-order valence-electron chi connectivity index (χ4n) is 1.12. The molecule has 0 radical (unpaired) electrons. The van der Waals surface area contributed by atoms with Gasteiger partial charge in [-0.25, -0.2) is 4.79 Å². The van der Waals surface area contributed by atoms with Crippen molar-refractivity contribution in [3.63, 3.8) is 0 Å². The predicted octanol–water partition coefficient (Wildman–Crippen LogP) is 2.68. The smallest absolute Gasteiger partial charge is 0.380 e. The van der Waals surface area contributed by atoms with Gasteiger partial charge in [-0.15, -0.1) is 0 Å². The molecule has 0 saturated heterocycles. The Balaban J connectivity index is 2.93. The molecule has 11 heteroatoms. The van der Waals surface area contributed by atoms with Crippen molar-refractivity contribution in [2.45, 2.75) is 18.0 Å². The van der Waals surface area contributed by atoms with Crippen molar-refractivity contribution in [1.29, 1.82) is 0 Å². The molecule has 122 valence electrons. The molecule has 2 N–H and O–H groups in total. The fourth-order valence-corrected chi connectivity index (χ4v) is 1.12. The lowest BCUT2D eigenvalue weighted by atomic mass is 10.1. The van der Waals surface area contributed by atoms with Crippen LogP contribution in [0.4, 0.5) is 30.7 Å². The lowest BCUT2D eigenvalue weighted by Crippen LogP contribution is -2.56. The van der Waals surface area contributed by atoms with Crippen molar-refractivity contribution >= 4 is 11.8 Å². The zero-order valence-corrected chi connectivity index (χ0v) is 10.4. The summed E-state index contributed by atoms with van der Waals surface area (Å²) in [7, 11) is 0. The number of hydrogen-bond acceptors (Lipinski definition) is 3. The Hall–Kier alpha value is -2.33. The summed E-state index contributed by atoms with van der Waals surface area (Å²) >= 11 is 0. The van der Waals surface area contributed by atoms with Crippen molar-refractivity contribution in [2.75, 3.05) is 0 Å². The Bertz CT molecular complexity index is 570. The first-order chi connectivity index (χ1) is 9.91. The largest absolute Gasteiger partial charge is 0.460 e. The Morgan fingerprint density at radius 3 is 1.95 bits per heavy atom. The molecule has 0 atom stereocenters. The highest BCUT2D eigenvalue weighted by atomic mass is 19.4. The molecule has 0 aliphatic carbocycles. The van der Waals surface area contributed by atoms with E-state index in [1.54, 1.807) is 6.07 Å². The minimum absolute atomic E-state index is 0.0706. The maximum Gasteiger partial charge on any atom is 0.460 e. The van der Waals surface area contributed by atoms with Crippen LogP contribution in [-0.4, -0.2) is 29.8 Å². The average Bonchev–Trinajstić information content (AvgIpc) is 2.43. The number of nitrogens with two attached hydrogens (primary N) is 1. The van der Waals surface area contributed by atoms with Crippen molar-refractivity contribution in [3.05, 3.63) is 35.9 Å². The number of nitrogens with zero attached hydrogens (tertiary/aromatic N) is 1. The lowest BCUT2D eigenvalue weighted by Gasteiger charge is -2.25. The van der Waals surface area contributed by atoms with E-state index in [1.165, 1.54) is 24.3 Å². The summed E-state index contributed by atoms with van der Waals surface area (Å²) in [6.07, 6.45) is -6.65. The minimum atomic E-state index is -6.65. The monoisotopic (exact) mass is 332 g/mol. The maximum absolute atomic E-state index is 12.9. The minimum Gasteiger partial charge on any atom is -0.380 e. The molecule has 1 aromatic carbocycles. The van der Waals surface area contributed by atoms with Gasteiger partial charge in [0.2, 0.25) is 0 Å². The van der Waals surface area contributed by atoms with Crippen LogP contribution in [0, 0.1) is 0 Å². The zero-order valence-electron chi connectivity index (χ0n) is 10.4. The SMILES string of the molecule is N/C(=N\OC(=O)C(F)(F)C(F)(F)C(F)(F)F)c1ccccc1. The number of oxime groups is 1. The number of carbonyl (C=O) groups excluding carboxylic acids is 1. The second-order valence-electron chi connectivity index (χ2n) is 3.87. The van der Waals surface area contributed by atoms with Crippen molar-refractivity contribution in [2.24, 2.45) is 10.9 Å². The van der Waals surface area contributed by atoms with Gasteiger partial charge in [0, 0.05) is 5.56 Å². The third-order valence-electron chi connectivity index (χ3n) is 2.30. The van der Waals surface area contributed by atoms with Crippen LogP contribution < -0.4 is 5.73 Å². The summed E-state index contributed by atoms with van der Waals surface area (Å²) in [5, 5.41) is 2.62. The van der Waals surface area contributed by atoms with Gasteiger partial charge in [-0.1, -0.05) is 35.5 Å².